The van der Waals surface area contributed by atoms with Crippen LogP contribution >= 0.6 is 0 Å². The minimum absolute atomic E-state index is 0.500. The van der Waals surface area contributed by atoms with Gasteiger partial charge in [-0.25, -0.2) is 0 Å². The summed E-state index contributed by atoms with van der Waals surface area (Å²) in [6.07, 6.45) is 3.75. The third-order valence-corrected chi connectivity index (χ3v) is 4.00. The number of hydrogen-bond acceptors (Lipinski definition) is 0. The van der Waals surface area contributed by atoms with Gasteiger partial charge in [0.15, 0.2) is 0 Å². The quantitative estimate of drug-likeness (QED) is 0.143. The van der Waals surface area contributed by atoms with Crippen molar-refractivity contribution in [1.82, 2.24) is 0 Å². The van der Waals surface area contributed by atoms with Gasteiger partial charge in [0, 0.05) is 0 Å². The van der Waals surface area contributed by atoms with Gasteiger partial charge in [0.2, 0.25) is 0 Å². The second kappa shape index (κ2) is 106. The molecule has 0 heterocycles. The first kappa shape index (κ1) is 81.2. The van der Waals surface area contributed by atoms with E-state index in [0.29, 0.717) is 5.41 Å². The molecule has 0 unspecified atom stereocenters. The van der Waals surface area contributed by atoms with Crippen molar-refractivity contribution in [2.45, 2.75) is 172 Å². The second-order valence-corrected chi connectivity index (χ2v) is 12.0. The van der Waals surface area contributed by atoms with Gasteiger partial charge >= 0.3 is 0 Å². The third kappa shape index (κ3) is 166. The van der Waals surface area contributed by atoms with E-state index in [4.69, 9.17) is 0 Å². The SMILES string of the molecule is CC.CC.CC.CC.CC.CC.CC(C)(C)C.CCC.CCC.CCC.c1ccccc1.c1ccccc1.c1ccccc1.c1ccccc1.c1ccccc1.c1ccccc1. The summed E-state index contributed by atoms with van der Waals surface area (Å²) < 4.78 is 0. The average molecular weight is 854 g/mol. The minimum Gasteiger partial charge on any atom is -0.0683 e. The lowest BCUT2D eigenvalue weighted by molar-refractivity contribution is 0.469. The zero-order valence-electron chi connectivity index (χ0n) is 45.4. The summed E-state index contributed by atoms with van der Waals surface area (Å²) in [5.74, 6) is 0. The van der Waals surface area contributed by atoms with Gasteiger partial charge in [-0.05, 0) is 5.41 Å². The molecule has 0 saturated carbocycles. The number of rotatable bonds is 0. The summed E-state index contributed by atoms with van der Waals surface area (Å²) in [6, 6.07) is 72.0. The first-order valence-electron chi connectivity index (χ1n) is 24.2. The number of hydrogen-bond donors (Lipinski definition) is 0. The molecule has 0 spiro atoms. The first-order chi connectivity index (χ1) is 30.2. The molecule has 356 valence electrons. The molecule has 62 heavy (non-hydrogen) atoms. The van der Waals surface area contributed by atoms with Crippen LogP contribution in [-0.2, 0) is 0 Å². The highest BCUT2D eigenvalue weighted by molar-refractivity contribution is 5.02. The fourth-order valence-corrected chi connectivity index (χ4v) is 2.31. The summed E-state index contributed by atoms with van der Waals surface area (Å²) in [5, 5.41) is 0. The lowest BCUT2D eigenvalue weighted by atomic mass is 10.0. The molecule has 0 amide bonds. The van der Waals surface area contributed by atoms with Crippen molar-refractivity contribution in [3.8, 4) is 0 Å². The topological polar surface area (TPSA) is 0 Å². The summed E-state index contributed by atoms with van der Waals surface area (Å²) in [7, 11) is 0. The van der Waals surface area contributed by atoms with E-state index in [1.807, 2.05) is 301 Å². The average Bonchev–Trinajstić information content (AvgIpc) is 3.37. The largest absolute Gasteiger partial charge is 0.0683 e. The van der Waals surface area contributed by atoms with E-state index in [2.05, 4.69) is 69.2 Å². The van der Waals surface area contributed by atoms with Crippen LogP contribution in [-0.4, -0.2) is 0 Å². The van der Waals surface area contributed by atoms with Gasteiger partial charge < -0.3 is 0 Å². The third-order valence-electron chi connectivity index (χ3n) is 4.00. The van der Waals surface area contributed by atoms with Crippen molar-refractivity contribution in [2.75, 3.05) is 0 Å². The van der Waals surface area contributed by atoms with Gasteiger partial charge in [-0.2, -0.15) is 0 Å². The van der Waals surface area contributed by atoms with Crippen LogP contribution in [0.15, 0.2) is 218 Å². The van der Waals surface area contributed by atoms with Crippen LogP contribution in [0.2, 0.25) is 0 Å². The summed E-state index contributed by atoms with van der Waals surface area (Å²) in [4.78, 5) is 0. The van der Waals surface area contributed by atoms with Crippen molar-refractivity contribution in [2.24, 2.45) is 5.41 Å². The van der Waals surface area contributed by atoms with Crippen LogP contribution in [0.3, 0.4) is 0 Å². The van der Waals surface area contributed by atoms with Crippen LogP contribution < -0.4 is 0 Å². The summed E-state index contributed by atoms with van der Waals surface area (Å²) in [6.45, 7) is 45.5. The Labute approximate surface area is 393 Å². The zero-order valence-corrected chi connectivity index (χ0v) is 45.4. The van der Waals surface area contributed by atoms with Crippen LogP contribution in [0, 0.1) is 5.41 Å². The van der Waals surface area contributed by atoms with Crippen LogP contribution in [0.1, 0.15) is 172 Å². The van der Waals surface area contributed by atoms with E-state index in [9.17, 15) is 0 Å². The van der Waals surface area contributed by atoms with E-state index >= 15 is 0 Å². The molecule has 0 heteroatoms. The molecule has 6 aromatic rings. The Morgan fingerprint density at radius 1 is 0.161 bits per heavy atom. The first-order valence-corrected chi connectivity index (χ1v) is 24.2. The molecular formula is C62H108. The van der Waals surface area contributed by atoms with Crippen molar-refractivity contribution in [1.29, 1.82) is 0 Å². The van der Waals surface area contributed by atoms with Crippen molar-refractivity contribution in [3.05, 3.63) is 218 Å². The highest BCUT2D eigenvalue weighted by atomic mass is 14.0. The molecule has 0 aromatic heterocycles. The minimum atomic E-state index is 0.500. The lowest BCUT2D eigenvalue weighted by Crippen LogP contribution is -1.93. The highest BCUT2D eigenvalue weighted by Crippen LogP contribution is 2.08. The van der Waals surface area contributed by atoms with E-state index in [1.165, 1.54) is 19.3 Å². The van der Waals surface area contributed by atoms with Gasteiger partial charge in [-0.3, -0.25) is 0 Å². The smallest absolute Gasteiger partial charge is 0.0411 e. The Morgan fingerprint density at radius 2 is 0.177 bits per heavy atom. The molecule has 0 bridgehead atoms. The van der Waals surface area contributed by atoms with Gasteiger partial charge in [-0.15, -0.1) is 0 Å². The molecule has 6 rings (SSSR count). The van der Waals surface area contributed by atoms with E-state index in [0.717, 1.165) is 0 Å². The van der Waals surface area contributed by atoms with Crippen LogP contribution in [0.4, 0.5) is 0 Å². The molecule has 0 aliphatic rings. The Kier molecular flexibility index (Phi) is 139. The standard InChI is InChI=1S/6C6H6.C5H12.3C3H8.6C2H6/c6*1-2-4-6-5-3-1;1-5(2,3)4;3*1-3-2;6*1-2/h6*1-6H;1-4H3;3*3H2,1-2H3;6*1-2H3. The van der Waals surface area contributed by atoms with Gasteiger partial charge in [0.25, 0.3) is 0 Å². The predicted molar refractivity (Wildman–Crippen MR) is 300 cm³/mol. The monoisotopic (exact) mass is 853 g/mol. The molecule has 0 atom stereocenters. The molecule has 6 aromatic carbocycles. The molecule has 0 aliphatic carbocycles. The maximum atomic E-state index is 2.19. The second-order valence-electron chi connectivity index (χ2n) is 12.0. The van der Waals surface area contributed by atoms with Crippen molar-refractivity contribution < 1.29 is 0 Å². The Balaban J connectivity index is -0.0000000595. The molecule has 0 fully saturated rings. The van der Waals surface area contributed by atoms with E-state index in [1.54, 1.807) is 0 Å². The molecule has 0 radical (unpaired) electrons. The van der Waals surface area contributed by atoms with E-state index in [-0.39, 0.29) is 0 Å². The van der Waals surface area contributed by atoms with Crippen molar-refractivity contribution >= 4 is 0 Å². The Bertz CT molecular complexity index is 801. The highest BCUT2D eigenvalue weighted by Gasteiger charge is 1.95. The maximum Gasteiger partial charge on any atom is -0.0411 e. The summed E-state index contributed by atoms with van der Waals surface area (Å²) >= 11 is 0. The van der Waals surface area contributed by atoms with Crippen molar-refractivity contribution in [3.63, 3.8) is 0 Å². The zero-order chi connectivity index (χ0) is 50.1. The van der Waals surface area contributed by atoms with Gasteiger partial charge in [0.1, 0.15) is 0 Å². The van der Waals surface area contributed by atoms with E-state index < -0.39 is 0 Å². The predicted octanol–water partition coefficient (Wildman–Crippen LogP) is 22.6. The van der Waals surface area contributed by atoms with Gasteiger partial charge in [-0.1, -0.05) is 390 Å². The molecule has 0 N–H and O–H groups in total. The van der Waals surface area contributed by atoms with Crippen LogP contribution in [0.25, 0.3) is 0 Å². The molecule has 0 nitrogen and oxygen atoms in total. The lowest BCUT2D eigenvalue weighted by Gasteiger charge is -2.05. The molecule has 0 saturated heterocycles. The fourth-order valence-electron chi connectivity index (χ4n) is 2.31. The maximum absolute atomic E-state index is 2.19. The van der Waals surface area contributed by atoms with Crippen LogP contribution in [0.5, 0.6) is 0 Å². The number of benzene rings is 6. The Hall–Kier alpha value is -4.68. The van der Waals surface area contributed by atoms with Gasteiger partial charge in [0.05, 0.1) is 0 Å². The Morgan fingerprint density at radius 3 is 0.194 bits per heavy atom. The molecular weight excluding hydrogens is 745 g/mol. The summed E-state index contributed by atoms with van der Waals surface area (Å²) in [5.41, 5.74) is 0.500. The fraction of sp³-hybridized carbons (Fsp3) is 0.419. The normalized spacial score (nSPS) is 7.06. The molecule has 0 aliphatic heterocycles.